The molecule has 4 aromatic heterocycles. The predicted octanol–water partition coefficient (Wildman–Crippen LogP) is 5.97. The van der Waals surface area contributed by atoms with Crippen molar-refractivity contribution in [1.82, 2.24) is 35.0 Å². The fourth-order valence-electron chi connectivity index (χ4n) is 5.20. The van der Waals surface area contributed by atoms with Crippen molar-refractivity contribution in [2.24, 2.45) is 0 Å². The van der Waals surface area contributed by atoms with Gasteiger partial charge in [0.15, 0.2) is 11.5 Å². The molecule has 37 heavy (non-hydrogen) atoms. The van der Waals surface area contributed by atoms with Crippen LogP contribution in [0, 0.1) is 5.82 Å². The van der Waals surface area contributed by atoms with Gasteiger partial charge in [-0.3, -0.25) is 15.0 Å². The summed E-state index contributed by atoms with van der Waals surface area (Å²) in [6.07, 6.45) is 8.14. The van der Waals surface area contributed by atoms with Crippen LogP contribution in [0.4, 0.5) is 4.39 Å². The molecule has 0 spiro atoms. The lowest BCUT2D eigenvalue weighted by Gasteiger charge is -2.14. The first-order valence-corrected chi connectivity index (χ1v) is 12.5. The smallest absolute Gasteiger partial charge is 0.178 e. The van der Waals surface area contributed by atoms with Gasteiger partial charge in [-0.1, -0.05) is 18.2 Å². The molecule has 182 valence electrons. The van der Waals surface area contributed by atoms with E-state index in [0.717, 1.165) is 64.0 Å². The number of aromatic amines is 2. The molecule has 7 nitrogen and oxygen atoms in total. The summed E-state index contributed by atoms with van der Waals surface area (Å²) in [6, 6.07) is 16.8. The molecular weight excluding hydrogens is 465 g/mol. The Hall–Kier alpha value is -4.43. The molecule has 2 aromatic carbocycles. The molecule has 0 saturated carbocycles. The van der Waals surface area contributed by atoms with Crippen LogP contribution in [0.1, 0.15) is 18.4 Å². The van der Waals surface area contributed by atoms with Crippen LogP contribution in [0.2, 0.25) is 0 Å². The molecular formula is C29H24FN7. The van der Waals surface area contributed by atoms with Crippen molar-refractivity contribution in [2.75, 3.05) is 13.1 Å². The maximum Gasteiger partial charge on any atom is 0.178 e. The summed E-state index contributed by atoms with van der Waals surface area (Å²) in [6.45, 7) is 3.25. The van der Waals surface area contributed by atoms with Gasteiger partial charge >= 0.3 is 0 Å². The van der Waals surface area contributed by atoms with Gasteiger partial charge in [-0.2, -0.15) is 5.10 Å². The highest BCUT2D eigenvalue weighted by Gasteiger charge is 2.17. The molecule has 2 N–H and O–H groups in total. The molecule has 1 fully saturated rings. The van der Waals surface area contributed by atoms with Crippen molar-refractivity contribution in [2.45, 2.75) is 19.4 Å². The lowest BCUT2D eigenvalue weighted by atomic mass is 10.0. The Labute approximate surface area is 212 Å². The topological polar surface area (TPSA) is 86.4 Å². The number of fused-ring (bicyclic) bond motifs is 2. The Morgan fingerprint density at radius 3 is 2.59 bits per heavy atom. The first-order valence-electron chi connectivity index (χ1n) is 12.5. The molecule has 0 amide bonds. The van der Waals surface area contributed by atoms with Crippen molar-refractivity contribution in [1.29, 1.82) is 0 Å². The van der Waals surface area contributed by atoms with Gasteiger partial charge in [0.2, 0.25) is 0 Å². The van der Waals surface area contributed by atoms with Gasteiger partial charge in [0.25, 0.3) is 0 Å². The summed E-state index contributed by atoms with van der Waals surface area (Å²) < 4.78 is 13.5. The van der Waals surface area contributed by atoms with Gasteiger partial charge in [0, 0.05) is 41.6 Å². The Balaban J connectivity index is 1.27. The van der Waals surface area contributed by atoms with Crippen LogP contribution in [-0.4, -0.2) is 48.1 Å². The van der Waals surface area contributed by atoms with Gasteiger partial charge in [-0.05, 0) is 79.0 Å². The first kappa shape index (κ1) is 21.8. The number of imidazole rings is 1. The second kappa shape index (κ2) is 8.90. The van der Waals surface area contributed by atoms with E-state index in [1.165, 1.54) is 30.5 Å². The SMILES string of the molecule is Fc1ccc(-c2ccnc3nc(-c4n[nH]c5ccc(-c6cncc(CN7CCCC7)c6)cc45)[nH]c23)cc1. The van der Waals surface area contributed by atoms with Crippen LogP contribution >= 0.6 is 0 Å². The number of hydrogen-bond acceptors (Lipinski definition) is 5. The molecule has 0 atom stereocenters. The van der Waals surface area contributed by atoms with E-state index in [1.807, 2.05) is 24.5 Å². The summed E-state index contributed by atoms with van der Waals surface area (Å²) in [7, 11) is 0. The molecule has 0 radical (unpaired) electrons. The largest absolute Gasteiger partial charge is 0.335 e. The Bertz CT molecular complexity index is 1730. The number of benzene rings is 2. The summed E-state index contributed by atoms with van der Waals surface area (Å²) in [5.74, 6) is 0.358. The minimum atomic E-state index is -0.269. The van der Waals surface area contributed by atoms with E-state index in [1.54, 1.807) is 18.3 Å². The first-order chi connectivity index (χ1) is 18.2. The quantitative estimate of drug-likeness (QED) is 0.312. The van der Waals surface area contributed by atoms with Crippen molar-refractivity contribution in [3.05, 3.63) is 84.6 Å². The van der Waals surface area contributed by atoms with Crippen LogP contribution in [0.5, 0.6) is 0 Å². The maximum atomic E-state index is 13.5. The van der Waals surface area contributed by atoms with E-state index in [9.17, 15) is 4.39 Å². The van der Waals surface area contributed by atoms with Gasteiger partial charge in [0.1, 0.15) is 11.5 Å². The Kier molecular flexibility index (Phi) is 5.25. The standard InChI is InChI=1S/C29H24FN7/c30-22-6-3-19(4-7-22)23-9-10-32-28-26(23)33-29(34-28)27-24-14-20(5-8-25(24)35-36-27)21-13-18(15-31-16-21)17-37-11-1-2-12-37/h3-10,13-16H,1-2,11-12,17H2,(H,35,36)(H,32,33,34). The lowest BCUT2D eigenvalue weighted by Crippen LogP contribution is -2.18. The molecule has 6 aromatic rings. The van der Waals surface area contributed by atoms with Crippen LogP contribution in [0.15, 0.2) is 73.2 Å². The fraction of sp³-hybridized carbons (Fsp3) is 0.172. The van der Waals surface area contributed by atoms with Gasteiger partial charge in [-0.25, -0.2) is 14.4 Å². The number of pyridine rings is 2. The highest BCUT2D eigenvalue weighted by Crippen LogP contribution is 2.32. The minimum absolute atomic E-state index is 0.269. The van der Waals surface area contributed by atoms with E-state index in [0.29, 0.717) is 11.5 Å². The lowest BCUT2D eigenvalue weighted by molar-refractivity contribution is 0.331. The van der Waals surface area contributed by atoms with Crippen molar-refractivity contribution in [3.63, 3.8) is 0 Å². The van der Waals surface area contributed by atoms with E-state index in [2.05, 4.69) is 48.2 Å². The van der Waals surface area contributed by atoms with Crippen LogP contribution in [0.25, 0.3) is 55.8 Å². The Morgan fingerprint density at radius 1 is 0.892 bits per heavy atom. The number of nitrogens with one attached hydrogen (secondary N) is 2. The van der Waals surface area contributed by atoms with E-state index in [-0.39, 0.29) is 5.82 Å². The molecule has 1 aliphatic heterocycles. The highest BCUT2D eigenvalue weighted by molar-refractivity contribution is 5.97. The molecule has 1 saturated heterocycles. The monoisotopic (exact) mass is 489 g/mol. The van der Waals surface area contributed by atoms with Crippen LogP contribution in [0.3, 0.4) is 0 Å². The number of aromatic nitrogens is 6. The molecule has 0 bridgehead atoms. The van der Waals surface area contributed by atoms with Crippen molar-refractivity contribution in [3.8, 4) is 33.8 Å². The van der Waals surface area contributed by atoms with Gasteiger partial charge in [0.05, 0.1) is 11.0 Å². The van der Waals surface area contributed by atoms with Crippen LogP contribution in [-0.2, 0) is 6.54 Å². The molecule has 1 aliphatic rings. The molecule has 0 unspecified atom stereocenters. The molecule has 7 rings (SSSR count). The summed E-state index contributed by atoms with van der Waals surface area (Å²) >= 11 is 0. The minimum Gasteiger partial charge on any atom is -0.335 e. The summed E-state index contributed by atoms with van der Waals surface area (Å²) in [4.78, 5) is 19.6. The maximum absolute atomic E-state index is 13.5. The molecule has 5 heterocycles. The summed E-state index contributed by atoms with van der Waals surface area (Å²) in [5.41, 5.74) is 8.20. The predicted molar refractivity (Wildman–Crippen MR) is 142 cm³/mol. The van der Waals surface area contributed by atoms with Crippen LogP contribution < -0.4 is 0 Å². The third-order valence-electron chi connectivity index (χ3n) is 7.07. The number of nitrogens with zero attached hydrogens (tertiary/aromatic N) is 5. The average molecular weight is 490 g/mol. The van der Waals surface area contributed by atoms with E-state index >= 15 is 0 Å². The number of likely N-dealkylation sites (tertiary alicyclic amines) is 1. The number of hydrogen-bond donors (Lipinski definition) is 2. The number of H-pyrrole nitrogens is 2. The number of rotatable bonds is 5. The zero-order chi connectivity index (χ0) is 24.8. The van der Waals surface area contributed by atoms with E-state index in [4.69, 9.17) is 4.98 Å². The average Bonchev–Trinajstić information content (AvgIpc) is 3.68. The third kappa shape index (κ3) is 4.05. The third-order valence-corrected chi connectivity index (χ3v) is 7.07. The van der Waals surface area contributed by atoms with Crippen molar-refractivity contribution >= 4 is 22.1 Å². The van der Waals surface area contributed by atoms with Gasteiger partial charge in [-0.15, -0.1) is 0 Å². The molecule has 8 heteroatoms. The normalized spacial score (nSPS) is 14.2. The summed E-state index contributed by atoms with van der Waals surface area (Å²) in [5, 5.41) is 8.67. The second-order valence-electron chi connectivity index (χ2n) is 9.55. The Morgan fingerprint density at radius 2 is 1.73 bits per heavy atom. The fourth-order valence-corrected chi connectivity index (χ4v) is 5.20. The zero-order valence-corrected chi connectivity index (χ0v) is 20.1. The van der Waals surface area contributed by atoms with Crippen molar-refractivity contribution < 1.29 is 4.39 Å². The zero-order valence-electron chi connectivity index (χ0n) is 20.1. The number of halogens is 1. The second-order valence-corrected chi connectivity index (χ2v) is 9.55. The molecule has 0 aliphatic carbocycles. The van der Waals surface area contributed by atoms with Gasteiger partial charge < -0.3 is 4.98 Å². The highest BCUT2D eigenvalue weighted by atomic mass is 19.1. The van der Waals surface area contributed by atoms with E-state index < -0.39 is 0 Å².